The second-order valence-electron chi connectivity index (χ2n) is 7.69. The number of carbonyl (C=O) groups is 1. The topological polar surface area (TPSA) is 41.1 Å². The van der Waals surface area contributed by atoms with Crippen LogP contribution in [0.25, 0.3) is 0 Å². The molecule has 3 nitrogen and oxygen atoms in total. The Balaban J connectivity index is 0.00000196. The molecule has 0 unspecified atom stereocenters. The van der Waals surface area contributed by atoms with Crippen LogP contribution in [0, 0.1) is 19.8 Å². The van der Waals surface area contributed by atoms with Crippen LogP contribution in [0.2, 0.25) is 0 Å². The average Bonchev–Trinajstić information content (AvgIpc) is 3.50. The minimum Gasteiger partial charge on any atom is -0.322 e. The van der Waals surface area contributed by atoms with Crippen LogP contribution in [-0.2, 0) is 0 Å². The smallest absolute Gasteiger partial charge is 0.255 e. The highest BCUT2D eigenvalue weighted by atomic mass is 35.5. The summed E-state index contributed by atoms with van der Waals surface area (Å²) in [5.41, 5.74) is 5.08. The van der Waals surface area contributed by atoms with Crippen molar-refractivity contribution in [3.05, 3.63) is 64.7 Å². The summed E-state index contributed by atoms with van der Waals surface area (Å²) in [6.45, 7) is 5.17. The molecule has 2 saturated carbocycles. The van der Waals surface area contributed by atoms with Crippen molar-refractivity contribution >= 4 is 24.0 Å². The third-order valence-electron chi connectivity index (χ3n) is 5.39. The third kappa shape index (κ3) is 4.46. The maximum absolute atomic E-state index is 12.5. The number of nitrogens with one attached hydrogen (secondary N) is 2. The van der Waals surface area contributed by atoms with Crippen LogP contribution in [0.3, 0.4) is 0 Å². The Bertz CT molecular complexity index is 783. The highest BCUT2D eigenvalue weighted by Gasteiger charge is 2.38. The molecule has 26 heavy (non-hydrogen) atoms. The van der Waals surface area contributed by atoms with Crippen LogP contribution in [0.5, 0.6) is 0 Å². The number of rotatable bonds is 6. The zero-order valence-corrected chi connectivity index (χ0v) is 16.2. The van der Waals surface area contributed by atoms with Gasteiger partial charge in [0.2, 0.25) is 0 Å². The summed E-state index contributed by atoms with van der Waals surface area (Å²) in [7, 11) is 0. The number of amides is 1. The molecule has 0 saturated heterocycles. The fraction of sp³-hybridized carbons (Fsp3) is 0.409. The minimum atomic E-state index is -0.0376. The van der Waals surface area contributed by atoms with E-state index < -0.39 is 0 Å². The highest BCUT2D eigenvalue weighted by molar-refractivity contribution is 6.05. The SMILES string of the molecule is Cc1ccc(C)c(C(=O)Nc2ccc([C@@H]3C[C@H]3NCC3CC3)cc2)c1.Cl. The van der Waals surface area contributed by atoms with Crippen molar-refractivity contribution in [2.45, 2.75) is 45.1 Å². The Morgan fingerprint density at radius 2 is 1.81 bits per heavy atom. The maximum Gasteiger partial charge on any atom is 0.255 e. The first-order chi connectivity index (χ1) is 12.1. The molecular weight excluding hydrogens is 344 g/mol. The second kappa shape index (κ2) is 7.81. The lowest BCUT2D eigenvalue weighted by Gasteiger charge is -2.09. The van der Waals surface area contributed by atoms with Crippen molar-refractivity contribution in [1.29, 1.82) is 0 Å². The molecule has 4 rings (SSSR count). The molecule has 2 aromatic rings. The number of anilines is 1. The number of aryl methyl sites for hydroxylation is 2. The number of benzene rings is 2. The second-order valence-corrected chi connectivity index (χ2v) is 7.69. The van der Waals surface area contributed by atoms with Crippen LogP contribution >= 0.6 is 12.4 Å². The number of carbonyl (C=O) groups excluding carboxylic acids is 1. The van der Waals surface area contributed by atoms with Gasteiger partial charge in [-0.25, -0.2) is 0 Å². The molecule has 0 heterocycles. The van der Waals surface area contributed by atoms with E-state index in [0.717, 1.165) is 28.3 Å². The summed E-state index contributed by atoms with van der Waals surface area (Å²) in [5, 5.41) is 6.70. The summed E-state index contributed by atoms with van der Waals surface area (Å²) in [4.78, 5) is 12.5. The molecule has 2 fully saturated rings. The number of halogens is 1. The van der Waals surface area contributed by atoms with Crippen molar-refractivity contribution in [2.24, 2.45) is 5.92 Å². The third-order valence-corrected chi connectivity index (χ3v) is 5.39. The van der Waals surface area contributed by atoms with Crippen LogP contribution < -0.4 is 10.6 Å². The molecule has 2 N–H and O–H groups in total. The van der Waals surface area contributed by atoms with Gasteiger partial charge in [-0.15, -0.1) is 12.4 Å². The summed E-state index contributed by atoms with van der Waals surface area (Å²) in [5.74, 6) is 1.54. The van der Waals surface area contributed by atoms with E-state index in [1.165, 1.54) is 31.4 Å². The Kier molecular flexibility index (Phi) is 5.69. The van der Waals surface area contributed by atoms with Gasteiger partial charge in [-0.1, -0.05) is 29.8 Å². The van der Waals surface area contributed by atoms with E-state index in [1.54, 1.807) is 0 Å². The number of hydrogen-bond donors (Lipinski definition) is 2. The van der Waals surface area contributed by atoms with Crippen LogP contribution in [0.1, 0.15) is 52.2 Å². The van der Waals surface area contributed by atoms with Gasteiger partial charge in [0.05, 0.1) is 0 Å². The van der Waals surface area contributed by atoms with Gasteiger partial charge in [-0.2, -0.15) is 0 Å². The van der Waals surface area contributed by atoms with Crippen molar-refractivity contribution in [1.82, 2.24) is 5.32 Å². The summed E-state index contributed by atoms with van der Waals surface area (Å²) < 4.78 is 0. The molecule has 0 bridgehead atoms. The van der Waals surface area contributed by atoms with Gasteiger partial charge >= 0.3 is 0 Å². The van der Waals surface area contributed by atoms with Gasteiger partial charge in [0.25, 0.3) is 5.91 Å². The zero-order chi connectivity index (χ0) is 17.4. The monoisotopic (exact) mass is 370 g/mol. The van der Waals surface area contributed by atoms with E-state index in [2.05, 4.69) is 22.8 Å². The van der Waals surface area contributed by atoms with Gasteiger partial charge in [0, 0.05) is 23.2 Å². The Morgan fingerprint density at radius 1 is 1.08 bits per heavy atom. The van der Waals surface area contributed by atoms with E-state index in [0.29, 0.717) is 12.0 Å². The maximum atomic E-state index is 12.5. The summed E-state index contributed by atoms with van der Waals surface area (Å²) in [6.07, 6.45) is 4.04. The van der Waals surface area contributed by atoms with Crippen LogP contribution in [0.4, 0.5) is 5.69 Å². The van der Waals surface area contributed by atoms with E-state index in [9.17, 15) is 4.79 Å². The molecule has 2 aliphatic carbocycles. The largest absolute Gasteiger partial charge is 0.322 e. The Labute approximate surface area is 162 Å². The fourth-order valence-corrected chi connectivity index (χ4v) is 3.42. The van der Waals surface area contributed by atoms with Crippen molar-refractivity contribution < 1.29 is 4.79 Å². The molecule has 0 radical (unpaired) electrons. The van der Waals surface area contributed by atoms with E-state index in [1.807, 2.05) is 44.2 Å². The molecule has 1 amide bonds. The lowest BCUT2D eigenvalue weighted by atomic mass is 10.0. The van der Waals surface area contributed by atoms with E-state index >= 15 is 0 Å². The predicted octanol–water partition coefficient (Wildman–Crippen LogP) is 4.83. The van der Waals surface area contributed by atoms with Gasteiger partial charge in [0.15, 0.2) is 0 Å². The molecule has 0 spiro atoms. The van der Waals surface area contributed by atoms with Gasteiger partial charge in [-0.3, -0.25) is 4.79 Å². The van der Waals surface area contributed by atoms with Crippen molar-refractivity contribution in [3.63, 3.8) is 0 Å². The van der Waals surface area contributed by atoms with E-state index in [4.69, 9.17) is 0 Å². The molecule has 0 aromatic heterocycles. The minimum absolute atomic E-state index is 0. The standard InChI is InChI=1S/C22H26N2O.ClH/c1-14-3-4-15(2)19(11-14)22(25)24-18-9-7-17(8-10-18)20-12-21(20)23-13-16-5-6-16;/h3-4,7-11,16,20-21,23H,5-6,12-13H2,1-2H3,(H,24,25);1H/t20-,21+;/m0./s1. The molecule has 2 aromatic carbocycles. The fourth-order valence-electron chi connectivity index (χ4n) is 3.42. The van der Waals surface area contributed by atoms with Crippen molar-refractivity contribution in [2.75, 3.05) is 11.9 Å². The Morgan fingerprint density at radius 3 is 2.50 bits per heavy atom. The molecular formula is C22H27ClN2O. The summed E-state index contributed by atoms with van der Waals surface area (Å²) in [6, 6.07) is 15.0. The van der Waals surface area contributed by atoms with Gasteiger partial charge in [-0.05, 0) is 74.9 Å². The lowest BCUT2D eigenvalue weighted by Crippen LogP contribution is -2.20. The molecule has 2 atom stereocenters. The first-order valence-corrected chi connectivity index (χ1v) is 9.32. The molecule has 4 heteroatoms. The first kappa shape index (κ1) is 18.9. The lowest BCUT2D eigenvalue weighted by molar-refractivity contribution is 0.102. The van der Waals surface area contributed by atoms with Crippen LogP contribution in [0.15, 0.2) is 42.5 Å². The molecule has 2 aliphatic rings. The highest BCUT2D eigenvalue weighted by Crippen LogP contribution is 2.41. The predicted molar refractivity (Wildman–Crippen MR) is 109 cm³/mol. The van der Waals surface area contributed by atoms with Crippen molar-refractivity contribution in [3.8, 4) is 0 Å². The zero-order valence-electron chi connectivity index (χ0n) is 15.4. The average molecular weight is 371 g/mol. The normalized spacial score (nSPS) is 21.0. The number of hydrogen-bond acceptors (Lipinski definition) is 2. The quantitative estimate of drug-likeness (QED) is 0.764. The van der Waals surface area contributed by atoms with E-state index in [-0.39, 0.29) is 18.3 Å². The first-order valence-electron chi connectivity index (χ1n) is 9.32. The molecule has 138 valence electrons. The van der Waals surface area contributed by atoms with Gasteiger partial charge < -0.3 is 10.6 Å². The summed E-state index contributed by atoms with van der Waals surface area (Å²) >= 11 is 0. The molecule has 0 aliphatic heterocycles. The van der Waals surface area contributed by atoms with Crippen LogP contribution in [-0.4, -0.2) is 18.5 Å². The Hall–Kier alpha value is -1.84. The van der Waals surface area contributed by atoms with Gasteiger partial charge in [0.1, 0.15) is 0 Å².